The van der Waals surface area contributed by atoms with E-state index in [0.29, 0.717) is 18.5 Å². The molecule has 0 aliphatic carbocycles. The van der Waals surface area contributed by atoms with E-state index >= 15 is 0 Å². The van der Waals surface area contributed by atoms with Crippen LogP contribution >= 0.6 is 11.8 Å². The van der Waals surface area contributed by atoms with Gasteiger partial charge in [-0.2, -0.15) is 5.26 Å². The zero-order valence-electron chi connectivity index (χ0n) is 15.4. The predicted molar refractivity (Wildman–Crippen MR) is 105 cm³/mol. The van der Waals surface area contributed by atoms with E-state index in [9.17, 15) is 4.79 Å². The van der Waals surface area contributed by atoms with E-state index in [-0.39, 0.29) is 11.9 Å². The van der Waals surface area contributed by atoms with Crippen LogP contribution in [0.2, 0.25) is 0 Å². The highest BCUT2D eigenvalue weighted by molar-refractivity contribution is 7.99. The first-order valence-electron chi connectivity index (χ1n) is 8.65. The third-order valence-corrected chi connectivity index (χ3v) is 5.31. The highest BCUT2D eigenvalue weighted by Crippen LogP contribution is 2.24. The van der Waals surface area contributed by atoms with Gasteiger partial charge in [0.1, 0.15) is 5.75 Å². The van der Waals surface area contributed by atoms with Gasteiger partial charge in [0.05, 0.1) is 24.8 Å². The second-order valence-corrected chi connectivity index (χ2v) is 7.03. The van der Waals surface area contributed by atoms with Gasteiger partial charge in [0, 0.05) is 23.6 Å². The van der Waals surface area contributed by atoms with E-state index in [0.717, 1.165) is 22.0 Å². The largest absolute Gasteiger partial charge is 0.497 e. The van der Waals surface area contributed by atoms with Gasteiger partial charge in [0.15, 0.2) is 0 Å². The summed E-state index contributed by atoms with van der Waals surface area (Å²) in [4.78, 5) is 15.7. The van der Waals surface area contributed by atoms with Crippen molar-refractivity contribution in [1.29, 1.82) is 5.26 Å². The molecule has 4 nitrogen and oxygen atoms in total. The van der Waals surface area contributed by atoms with E-state index in [4.69, 9.17) is 10.00 Å². The summed E-state index contributed by atoms with van der Waals surface area (Å²) in [6.07, 6.45) is 0.491. The van der Waals surface area contributed by atoms with E-state index in [1.165, 1.54) is 0 Å². The maximum Gasteiger partial charge on any atom is 0.223 e. The van der Waals surface area contributed by atoms with Crippen LogP contribution in [0.3, 0.4) is 0 Å². The van der Waals surface area contributed by atoms with Gasteiger partial charge >= 0.3 is 0 Å². The molecule has 0 saturated carbocycles. The standard InChI is InChI=1S/C21H24N2O2S/c1-4-23(16(2)18-7-5-17(15-22)6-8-18)21(24)13-14-26-20-11-9-19(25-3)10-12-20/h5-12,16H,4,13-14H2,1-3H3. The first kappa shape index (κ1) is 19.9. The number of carbonyl (C=O) groups is 1. The van der Waals surface area contributed by atoms with Crippen LogP contribution < -0.4 is 4.74 Å². The Hall–Kier alpha value is -2.45. The van der Waals surface area contributed by atoms with Crippen LogP contribution in [0, 0.1) is 11.3 Å². The van der Waals surface area contributed by atoms with E-state index in [1.807, 2.05) is 55.1 Å². The summed E-state index contributed by atoms with van der Waals surface area (Å²) in [5, 5.41) is 8.91. The lowest BCUT2D eigenvalue weighted by Crippen LogP contribution is -2.33. The number of ether oxygens (including phenoxy) is 1. The van der Waals surface area contributed by atoms with Crippen molar-refractivity contribution >= 4 is 17.7 Å². The summed E-state index contributed by atoms with van der Waals surface area (Å²) in [6.45, 7) is 4.68. The number of nitrogens with zero attached hydrogens (tertiary/aromatic N) is 2. The first-order chi connectivity index (χ1) is 12.6. The second kappa shape index (κ2) is 9.88. The molecular weight excluding hydrogens is 344 g/mol. The van der Waals surface area contributed by atoms with Crippen LogP contribution in [0.1, 0.15) is 37.4 Å². The Bertz CT molecular complexity index is 751. The third kappa shape index (κ3) is 5.27. The van der Waals surface area contributed by atoms with Crippen LogP contribution in [0.4, 0.5) is 0 Å². The lowest BCUT2D eigenvalue weighted by Gasteiger charge is -2.28. The van der Waals surface area contributed by atoms with Crippen LogP contribution in [0.15, 0.2) is 53.4 Å². The number of amides is 1. The average Bonchev–Trinajstić information content (AvgIpc) is 2.69. The molecule has 0 heterocycles. The molecule has 2 aromatic rings. The molecule has 5 heteroatoms. The molecule has 136 valence electrons. The molecule has 1 amide bonds. The molecular formula is C21H24N2O2S. The van der Waals surface area contributed by atoms with Crippen molar-refractivity contribution in [2.45, 2.75) is 31.2 Å². The second-order valence-electron chi connectivity index (χ2n) is 5.86. The summed E-state index contributed by atoms with van der Waals surface area (Å²) in [5.41, 5.74) is 1.67. The van der Waals surface area contributed by atoms with Crippen molar-refractivity contribution in [3.63, 3.8) is 0 Å². The lowest BCUT2D eigenvalue weighted by atomic mass is 10.0. The van der Waals surface area contributed by atoms with Crippen LogP contribution in [-0.4, -0.2) is 30.2 Å². The van der Waals surface area contributed by atoms with E-state index in [2.05, 4.69) is 6.07 Å². The Labute approximate surface area is 159 Å². The average molecular weight is 369 g/mol. The quantitative estimate of drug-likeness (QED) is 0.636. The normalized spacial score (nSPS) is 11.5. The van der Waals surface area contributed by atoms with E-state index < -0.39 is 0 Å². The number of thioether (sulfide) groups is 1. The number of carbonyl (C=O) groups excluding carboxylic acids is 1. The lowest BCUT2D eigenvalue weighted by molar-refractivity contribution is -0.132. The van der Waals surface area contributed by atoms with Gasteiger partial charge in [-0.1, -0.05) is 12.1 Å². The number of methoxy groups -OCH3 is 1. The minimum absolute atomic E-state index is 0.00812. The Balaban J connectivity index is 1.91. The monoisotopic (exact) mass is 368 g/mol. The van der Waals surface area contributed by atoms with Gasteiger partial charge in [-0.05, 0) is 55.8 Å². The van der Waals surface area contributed by atoms with Crippen molar-refractivity contribution in [3.05, 3.63) is 59.7 Å². The number of rotatable bonds is 8. The molecule has 2 aromatic carbocycles. The molecule has 0 aliphatic heterocycles. The van der Waals surface area contributed by atoms with Gasteiger partial charge in [-0.15, -0.1) is 11.8 Å². The van der Waals surface area contributed by atoms with Gasteiger partial charge in [-0.3, -0.25) is 4.79 Å². The summed E-state index contributed by atoms with van der Waals surface area (Å²) in [5.74, 6) is 1.71. The minimum atomic E-state index is -0.00812. The van der Waals surface area contributed by atoms with Crippen LogP contribution in [-0.2, 0) is 4.79 Å². The fourth-order valence-electron chi connectivity index (χ4n) is 2.75. The maximum absolute atomic E-state index is 12.6. The first-order valence-corrected chi connectivity index (χ1v) is 9.64. The van der Waals surface area contributed by atoms with Gasteiger partial charge in [0.2, 0.25) is 5.91 Å². The number of hydrogen-bond donors (Lipinski definition) is 0. The molecule has 0 aromatic heterocycles. The van der Waals surface area contributed by atoms with Crippen LogP contribution in [0.5, 0.6) is 5.75 Å². The summed E-state index contributed by atoms with van der Waals surface area (Å²) in [6, 6.07) is 17.4. The molecule has 0 N–H and O–H groups in total. The molecule has 0 radical (unpaired) electrons. The molecule has 0 aliphatic rings. The summed E-state index contributed by atoms with van der Waals surface area (Å²) < 4.78 is 5.15. The molecule has 0 saturated heterocycles. The fourth-order valence-corrected chi connectivity index (χ4v) is 3.59. The van der Waals surface area contributed by atoms with Gasteiger partial charge in [0.25, 0.3) is 0 Å². The highest BCUT2D eigenvalue weighted by atomic mass is 32.2. The summed E-state index contributed by atoms with van der Waals surface area (Å²) >= 11 is 1.67. The van der Waals surface area contributed by atoms with Crippen LogP contribution in [0.25, 0.3) is 0 Å². The van der Waals surface area contributed by atoms with Crippen molar-refractivity contribution in [2.75, 3.05) is 19.4 Å². The molecule has 2 rings (SSSR count). The molecule has 0 spiro atoms. The molecule has 0 bridgehead atoms. The van der Waals surface area contributed by atoms with Crippen molar-refractivity contribution in [1.82, 2.24) is 4.90 Å². The Morgan fingerprint density at radius 2 is 1.85 bits per heavy atom. The minimum Gasteiger partial charge on any atom is -0.497 e. The molecule has 26 heavy (non-hydrogen) atoms. The zero-order valence-corrected chi connectivity index (χ0v) is 16.3. The van der Waals surface area contributed by atoms with Crippen molar-refractivity contribution in [2.24, 2.45) is 0 Å². The number of hydrogen-bond acceptors (Lipinski definition) is 4. The third-order valence-electron chi connectivity index (χ3n) is 4.29. The number of benzene rings is 2. The Morgan fingerprint density at radius 1 is 1.19 bits per heavy atom. The Kier molecular flexibility index (Phi) is 7.55. The molecule has 1 unspecified atom stereocenters. The van der Waals surface area contributed by atoms with Crippen molar-refractivity contribution in [3.8, 4) is 11.8 Å². The smallest absolute Gasteiger partial charge is 0.223 e. The fraction of sp³-hybridized carbons (Fsp3) is 0.333. The van der Waals surface area contributed by atoms with E-state index in [1.54, 1.807) is 31.0 Å². The van der Waals surface area contributed by atoms with Gasteiger partial charge in [-0.25, -0.2) is 0 Å². The highest BCUT2D eigenvalue weighted by Gasteiger charge is 2.19. The predicted octanol–water partition coefficient (Wildman–Crippen LogP) is 4.66. The Morgan fingerprint density at radius 3 is 2.38 bits per heavy atom. The van der Waals surface area contributed by atoms with Crippen molar-refractivity contribution < 1.29 is 9.53 Å². The SMILES string of the molecule is CCN(C(=O)CCSc1ccc(OC)cc1)C(C)c1ccc(C#N)cc1. The van der Waals surface area contributed by atoms with Gasteiger partial charge < -0.3 is 9.64 Å². The zero-order chi connectivity index (χ0) is 18.9. The topological polar surface area (TPSA) is 53.3 Å². The maximum atomic E-state index is 12.6. The molecule has 1 atom stereocenters. The molecule has 0 fully saturated rings. The summed E-state index contributed by atoms with van der Waals surface area (Å²) in [7, 11) is 1.65. The number of nitriles is 1.